The van der Waals surface area contributed by atoms with Gasteiger partial charge in [0.25, 0.3) is 5.91 Å². The highest BCUT2D eigenvalue weighted by molar-refractivity contribution is 5.95. The monoisotopic (exact) mass is 331 g/mol. The van der Waals surface area contributed by atoms with Gasteiger partial charge in [0.15, 0.2) is 0 Å². The topological polar surface area (TPSA) is 38.1 Å². The van der Waals surface area contributed by atoms with Crippen LogP contribution in [0.15, 0.2) is 54.9 Å². The summed E-state index contributed by atoms with van der Waals surface area (Å²) in [4.78, 5) is 19.1. The Kier molecular flexibility index (Phi) is 3.32. The molecule has 0 unspecified atom stereocenters. The molecular formula is C21H21N3O. The minimum Gasteiger partial charge on any atom is -0.331 e. The fraction of sp³-hybridized carbons (Fsp3) is 0.238. The zero-order valence-corrected chi connectivity index (χ0v) is 14.9. The fourth-order valence-electron chi connectivity index (χ4n) is 3.58. The first kappa shape index (κ1) is 15.6. The number of rotatable bonds is 1. The van der Waals surface area contributed by atoms with Crippen LogP contribution in [-0.4, -0.2) is 27.4 Å². The number of hydrogen-bond donors (Lipinski definition) is 0. The highest BCUT2D eigenvalue weighted by Crippen LogP contribution is 2.38. The number of hydrogen-bond acceptors (Lipinski definition) is 2. The summed E-state index contributed by atoms with van der Waals surface area (Å²) in [6, 6.07) is 14.3. The summed E-state index contributed by atoms with van der Waals surface area (Å²) in [5, 5.41) is 0. The summed E-state index contributed by atoms with van der Waals surface area (Å²) in [6.45, 7) is 6.19. The molecule has 4 heteroatoms. The molecule has 0 saturated carbocycles. The van der Waals surface area contributed by atoms with Crippen LogP contribution in [0.1, 0.15) is 35.6 Å². The maximum Gasteiger partial charge on any atom is 0.271 e. The van der Waals surface area contributed by atoms with Crippen LogP contribution >= 0.6 is 0 Å². The van der Waals surface area contributed by atoms with Crippen LogP contribution in [-0.2, 0) is 5.54 Å². The van der Waals surface area contributed by atoms with Gasteiger partial charge in [0.2, 0.25) is 0 Å². The quantitative estimate of drug-likeness (QED) is 0.671. The Morgan fingerprint density at radius 3 is 2.64 bits per heavy atom. The van der Waals surface area contributed by atoms with Crippen LogP contribution in [0.25, 0.3) is 16.8 Å². The van der Waals surface area contributed by atoms with Gasteiger partial charge < -0.3 is 9.47 Å². The van der Waals surface area contributed by atoms with E-state index >= 15 is 0 Å². The normalized spacial score (nSPS) is 15.5. The first-order valence-electron chi connectivity index (χ1n) is 8.43. The molecule has 0 fully saturated rings. The van der Waals surface area contributed by atoms with Gasteiger partial charge in [-0.2, -0.15) is 0 Å². The van der Waals surface area contributed by atoms with E-state index in [1.54, 1.807) is 0 Å². The molecule has 0 spiro atoms. The fourth-order valence-corrected chi connectivity index (χ4v) is 3.58. The number of carbonyl (C=O) groups excluding carboxylic acids is 1. The van der Waals surface area contributed by atoms with Crippen molar-refractivity contribution in [3.8, 4) is 16.8 Å². The van der Waals surface area contributed by atoms with Gasteiger partial charge in [0.05, 0.1) is 11.2 Å². The maximum atomic E-state index is 12.9. The van der Waals surface area contributed by atoms with Crippen molar-refractivity contribution in [2.45, 2.75) is 26.3 Å². The SMILES string of the molecule is Cc1ncccc1-c1ccc2c(c1)-n1cccc1C(=O)N(C)C2(C)C. The van der Waals surface area contributed by atoms with Crippen LogP contribution < -0.4 is 0 Å². The van der Waals surface area contributed by atoms with E-state index in [9.17, 15) is 4.79 Å². The lowest BCUT2D eigenvalue weighted by molar-refractivity contribution is 0.0625. The molecule has 1 aromatic carbocycles. The molecule has 0 radical (unpaired) electrons. The Balaban J connectivity index is 2.01. The first-order valence-corrected chi connectivity index (χ1v) is 8.43. The Hall–Kier alpha value is -2.88. The van der Waals surface area contributed by atoms with E-state index in [0.29, 0.717) is 5.69 Å². The van der Waals surface area contributed by atoms with E-state index in [4.69, 9.17) is 0 Å². The third-order valence-corrected chi connectivity index (χ3v) is 5.35. The molecule has 1 aliphatic rings. The van der Waals surface area contributed by atoms with E-state index in [1.807, 2.05) is 54.0 Å². The number of fused-ring (bicyclic) bond motifs is 3. The minimum absolute atomic E-state index is 0.0327. The van der Waals surface area contributed by atoms with Crippen LogP contribution in [0.3, 0.4) is 0 Å². The largest absolute Gasteiger partial charge is 0.331 e. The summed E-state index contributed by atoms with van der Waals surface area (Å²) in [7, 11) is 1.87. The second-order valence-corrected chi connectivity index (χ2v) is 7.05. The second kappa shape index (κ2) is 5.31. The standard InChI is InChI=1S/C21H21N3O/c1-14-16(7-5-11-22-14)15-9-10-17-19(13-15)24-12-6-8-18(24)20(25)23(4)21(17,2)3/h5-13H,1-4H3. The molecule has 2 aromatic heterocycles. The molecule has 3 aromatic rings. The summed E-state index contributed by atoms with van der Waals surface area (Å²) >= 11 is 0. The highest BCUT2D eigenvalue weighted by atomic mass is 16.2. The molecule has 0 saturated heterocycles. The molecule has 0 bridgehead atoms. The van der Waals surface area contributed by atoms with Crippen molar-refractivity contribution in [3.05, 3.63) is 71.8 Å². The number of nitrogens with zero attached hydrogens (tertiary/aromatic N) is 3. The van der Waals surface area contributed by atoms with Gasteiger partial charge in [-0.3, -0.25) is 9.78 Å². The second-order valence-electron chi connectivity index (χ2n) is 7.05. The predicted molar refractivity (Wildman–Crippen MR) is 98.9 cm³/mol. The van der Waals surface area contributed by atoms with Crippen molar-refractivity contribution in [1.82, 2.24) is 14.5 Å². The van der Waals surface area contributed by atoms with E-state index in [-0.39, 0.29) is 5.91 Å². The Morgan fingerprint density at radius 1 is 1.08 bits per heavy atom. The third kappa shape index (κ3) is 2.21. The van der Waals surface area contributed by atoms with Crippen molar-refractivity contribution < 1.29 is 4.79 Å². The van der Waals surface area contributed by atoms with Gasteiger partial charge >= 0.3 is 0 Å². The molecule has 1 aliphatic heterocycles. The molecule has 126 valence electrons. The van der Waals surface area contributed by atoms with Crippen molar-refractivity contribution in [2.75, 3.05) is 7.05 Å². The first-order chi connectivity index (χ1) is 11.9. The number of aromatic nitrogens is 2. The number of pyridine rings is 1. The van der Waals surface area contributed by atoms with Gasteiger partial charge in [-0.25, -0.2) is 0 Å². The number of aryl methyl sites for hydroxylation is 1. The van der Waals surface area contributed by atoms with Gasteiger partial charge in [-0.05, 0) is 50.6 Å². The lowest BCUT2D eigenvalue weighted by Gasteiger charge is -2.35. The van der Waals surface area contributed by atoms with Crippen molar-refractivity contribution in [1.29, 1.82) is 0 Å². The van der Waals surface area contributed by atoms with Crippen LogP contribution in [0.4, 0.5) is 0 Å². The highest BCUT2D eigenvalue weighted by Gasteiger charge is 2.37. The van der Waals surface area contributed by atoms with Gasteiger partial charge in [-0.1, -0.05) is 18.2 Å². The van der Waals surface area contributed by atoms with Crippen LogP contribution in [0.5, 0.6) is 0 Å². The lowest BCUT2D eigenvalue weighted by atomic mass is 9.89. The molecule has 0 aliphatic carbocycles. The number of benzene rings is 1. The van der Waals surface area contributed by atoms with Crippen LogP contribution in [0.2, 0.25) is 0 Å². The van der Waals surface area contributed by atoms with Crippen LogP contribution in [0, 0.1) is 6.92 Å². The molecule has 3 heterocycles. The Bertz CT molecular complexity index is 984. The number of amides is 1. The maximum absolute atomic E-state index is 12.9. The molecule has 0 N–H and O–H groups in total. The average molecular weight is 331 g/mol. The molecular weight excluding hydrogens is 310 g/mol. The Morgan fingerprint density at radius 2 is 1.88 bits per heavy atom. The van der Waals surface area contributed by atoms with Gasteiger partial charge in [0, 0.05) is 36.3 Å². The predicted octanol–water partition coefficient (Wildman–Crippen LogP) is 4.17. The summed E-state index contributed by atoms with van der Waals surface area (Å²) < 4.78 is 2.00. The van der Waals surface area contributed by atoms with Crippen molar-refractivity contribution in [2.24, 2.45) is 0 Å². The summed E-state index contributed by atoms with van der Waals surface area (Å²) in [5.41, 5.74) is 5.68. The molecule has 4 nitrogen and oxygen atoms in total. The zero-order valence-electron chi connectivity index (χ0n) is 14.9. The summed E-state index contributed by atoms with van der Waals surface area (Å²) in [6.07, 6.45) is 3.77. The van der Waals surface area contributed by atoms with E-state index in [2.05, 4.69) is 43.1 Å². The van der Waals surface area contributed by atoms with E-state index in [1.165, 1.54) is 0 Å². The van der Waals surface area contributed by atoms with E-state index in [0.717, 1.165) is 28.1 Å². The smallest absolute Gasteiger partial charge is 0.271 e. The summed E-state index contributed by atoms with van der Waals surface area (Å²) in [5.74, 6) is 0.0327. The molecule has 25 heavy (non-hydrogen) atoms. The zero-order chi connectivity index (χ0) is 17.8. The third-order valence-electron chi connectivity index (χ3n) is 5.35. The molecule has 1 amide bonds. The minimum atomic E-state index is -0.395. The molecule has 0 atom stereocenters. The van der Waals surface area contributed by atoms with E-state index < -0.39 is 5.54 Å². The Labute approximate surface area is 147 Å². The molecule has 4 rings (SSSR count). The van der Waals surface area contributed by atoms with Crippen molar-refractivity contribution >= 4 is 5.91 Å². The van der Waals surface area contributed by atoms with Gasteiger partial charge in [-0.15, -0.1) is 0 Å². The lowest BCUT2D eigenvalue weighted by Crippen LogP contribution is -2.41. The van der Waals surface area contributed by atoms with Gasteiger partial charge in [0.1, 0.15) is 5.69 Å². The average Bonchev–Trinajstić information content (AvgIpc) is 3.08. The van der Waals surface area contributed by atoms with Crippen molar-refractivity contribution in [3.63, 3.8) is 0 Å². The number of carbonyl (C=O) groups is 1.